The van der Waals surface area contributed by atoms with E-state index < -0.39 is 23.8 Å². The lowest BCUT2D eigenvalue weighted by atomic mass is 10.1. The fourth-order valence-corrected chi connectivity index (χ4v) is 2.56. The zero-order valence-corrected chi connectivity index (χ0v) is 16.4. The third kappa shape index (κ3) is 6.32. The largest absolute Gasteiger partial charge is 0.497 e. The van der Waals surface area contributed by atoms with Crippen LogP contribution in [-0.4, -0.2) is 42.6 Å². The second-order valence-electron chi connectivity index (χ2n) is 6.30. The van der Waals surface area contributed by atoms with E-state index in [1.54, 1.807) is 38.3 Å². The zero-order valence-electron chi connectivity index (χ0n) is 16.4. The molecule has 0 aliphatic heterocycles. The minimum atomic E-state index is -0.912. The Hall–Kier alpha value is -3.39. The summed E-state index contributed by atoms with van der Waals surface area (Å²) in [7, 11) is 1.57. The van der Waals surface area contributed by atoms with E-state index in [0.717, 1.165) is 5.56 Å². The number of benzene rings is 2. The summed E-state index contributed by atoms with van der Waals surface area (Å²) in [6.07, 6.45) is 0.485. The number of para-hydroxylation sites is 1. The number of carbonyl (C=O) groups excluding carboxylic acids is 3. The van der Waals surface area contributed by atoms with Crippen molar-refractivity contribution in [1.82, 2.24) is 10.6 Å². The van der Waals surface area contributed by atoms with Crippen LogP contribution in [0.2, 0.25) is 0 Å². The molecule has 0 saturated carbocycles. The molecule has 8 heteroatoms. The van der Waals surface area contributed by atoms with Crippen LogP contribution >= 0.6 is 0 Å². The van der Waals surface area contributed by atoms with E-state index in [-0.39, 0.29) is 24.4 Å². The smallest absolute Gasteiger partial charge is 0.313 e. The molecule has 29 heavy (non-hydrogen) atoms. The molecular formula is C21H25N3O5. The maximum absolute atomic E-state index is 12.6. The highest BCUT2D eigenvalue weighted by Gasteiger charge is 2.20. The van der Waals surface area contributed by atoms with E-state index in [1.165, 1.54) is 6.07 Å². The molecule has 3 amide bonds. The molecule has 2 aromatic carbocycles. The Morgan fingerprint density at radius 2 is 1.83 bits per heavy atom. The topological polar surface area (TPSA) is 117 Å². The summed E-state index contributed by atoms with van der Waals surface area (Å²) in [4.78, 5) is 36.7. The minimum Gasteiger partial charge on any atom is -0.497 e. The lowest BCUT2D eigenvalue weighted by molar-refractivity contribution is -0.136. The Morgan fingerprint density at radius 1 is 1.07 bits per heavy atom. The first kappa shape index (κ1) is 21.9. The maximum atomic E-state index is 12.6. The Labute approximate surface area is 169 Å². The van der Waals surface area contributed by atoms with Gasteiger partial charge in [-0.05, 0) is 36.2 Å². The molecule has 8 nitrogen and oxygen atoms in total. The normalized spacial score (nSPS) is 11.3. The summed E-state index contributed by atoms with van der Waals surface area (Å²) >= 11 is 0. The molecule has 2 rings (SSSR count). The molecule has 0 spiro atoms. The van der Waals surface area contributed by atoms with Crippen LogP contribution in [0.4, 0.5) is 5.69 Å². The van der Waals surface area contributed by atoms with Crippen molar-refractivity contribution in [2.75, 3.05) is 19.0 Å². The summed E-state index contributed by atoms with van der Waals surface area (Å²) in [5.74, 6) is -1.50. The van der Waals surface area contributed by atoms with Gasteiger partial charge in [-0.15, -0.1) is 0 Å². The molecule has 0 aromatic heterocycles. The van der Waals surface area contributed by atoms with Crippen molar-refractivity contribution in [2.45, 2.75) is 25.9 Å². The van der Waals surface area contributed by atoms with Crippen molar-refractivity contribution in [2.24, 2.45) is 0 Å². The standard InChI is InChI=1S/C21H25N3O5/c1-3-15(13-25)23-20(27)21(28)24-18-10-5-4-9-17(18)19(26)22-12-14-7-6-8-16(11-14)29-2/h4-11,15,25H,3,12-13H2,1-2H3,(H,22,26)(H,23,27)(H,24,28)/t15-/m0/s1. The molecule has 154 valence electrons. The van der Waals surface area contributed by atoms with Crippen LogP contribution in [0, 0.1) is 0 Å². The van der Waals surface area contributed by atoms with E-state index in [4.69, 9.17) is 9.84 Å². The van der Waals surface area contributed by atoms with Crippen LogP contribution in [0.3, 0.4) is 0 Å². The fourth-order valence-electron chi connectivity index (χ4n) is 2.56. The van der Waals surface area contributed by atoms with Gasteiger partial charge >= 0.3 is 11.8 Å². The van der Waals surface area contributed by atoms with Crippen LogP contribution < -0.4 is 20.7 Å². The highest BCUT2D eigenvalue weighted by atomic mass is 16.5. The average molecular weight is 399 g/mol. The first-order valence-corrected chi connectivity index (χ1v) is 9.21. The van der Waals surface area contributed by atoms with E-state index in [1.807, 2.05) is 18.2 Å². The number of ether oxygens (including phenoxy) is 1. The molecule has 0 unspecified atom stereocenters. The number of methoxy groups -OCH3 is 1. The fraction of sp³-hybridized carbons (Fsp3) is 0.286. The first-order chi connectivity index (χ1) is 14.0. The number of hydrogen-bond donors (Lipinski definition) is 4. The molecule has 1 atom stereocenters. The van der Waals surface area contributed by atoms with Gasteiger partial charge in [0.1, 0.15) is 5.75 Å². The van der Waals surface area contributed by atoms with Crippen LogP contribution in [0.5, 0.6) is 5.75 Å². The van der Waals surface area contributed by atoms with Crippen molar-refractivity contribution in [1.29, 1.82) is 0 Å². The van der Waals surface area contributed by atoms with E-state index in [0.29, 0.717) is 12.2 Å². The maximum Gasteiger partial charge on any atom is 0.313 e. The molecule has 0 bridgehead atoms. The predicted octanol–water partition coefficient (Wildman–Crippen LogP) is 1.45. The lowest BCUT2D eigenvalue weighted by Gasteiger charge is -2.15. The molecule has 0 fully saturated rings. The molecular weight excluding hydrogens is 374 g/mol. The second kappa shape index (κ2) is 10.8. The summed E-state index contributed by atoms with van der Waals surface area (Å²) < 4.78 is 5.16. The Morgan fingerprint density at radius 3 is 2.52 bits per heavy atom. The number of aliphatic hydroxyl groups excluding tert-OH is 1. The van der Waals surface area contributed by atoms with E-state index in [9.17, 15) is 14.4 Å². The van der Waals surface area contributed by atoms with Gasteiger partial charge in [0.05, 0.1) is 31.0 Å². The number of amides is 3. The SMILES string of the molecule is CC[C@@H](CO)NC(=O)C(=O)Nc1ccccc1C(=O)NCc1cccc(OC)c1. The Bertz CT molecular complexity index is 865. The van der Waals surface area contributed by atoms with Crippen LogP contribution in [0.15, 0.2) is 48.5 Å². The van der Waals surface area contributed by atoms with Crippen LogP contribution in [-0.2, 0) is 16.1 Å². The molecule has 0 aliphatic rings. The van der Waals surface area contributed by atoms with Gasteiger partial charge in [-0.2, -0.15) is 0 Å². The van der Waals surface area contributed by atoms with Crippen molar-refractivity contribution in [3.8, 4) is 5.75 Å². The number of rotatable bonds is 8. The Kier molecular flexibility index (Phi) is 8.17. The number of anilines is 1. The molecule has 4 N–H and O–H groups in total. The van der Waals surface area contributed by atoms with E-state index >= 15 is 0 Å². The van der Waals surface area contributed by atoms with Gasteiger partial charge in [0.25, 0.3) is 5.91 Å². The van der Waals surface area contributed by atoms with Crippen molar-refractivity contribution >= 4 is 23.4 Å². The van der Waals surface area contributed by atoms with Gasteiger partial charge in [0.15, 0.2) is 0 Å². The van der Waals surface area contributed by atoms with Crippen LogP contribution in [0.1, 0.15) is 29.3 Å². The molecule has 0 saturated heterocycles. The van der Waals surface area contributed by atoms with Gasteiger partial charge < -0.3 is 25.8 Å². The predicted molar refractivity (Wildman–Crippen MR) is 109 cm³/mol. The minimum absolute atomic E-state index is 0.216. The van der Waals surface area contributed by atoms with Crippen molar-refractivity contribution in [3.63, 3.8) is 0 Å². The van der Waals surface area contributed by atoms with E-state index in [2.05, 4.69) is 16.0 Å². The summed E-state index contributed by atoms with van der Waals surface area (Å²) in [5.41, 5.74) is 1.30. The molecule has 0 radical (unpaired) electrons. The van der Waals surface area contributed by atoms with Gasteiger partial charge in [0.2, 0.25) is 0 Å². The lowest BCUT2D eigenvalue weighted by Crippen LogP contribution is -2.43. The molecule has 2 aromatic rings. The van der Waals surface area contributed by atoms with Gasteiger partial charge in [-0.25, -0.2) is 0 Å². The third-order valence-corrected chi connectivity index (χ3v) is 4.26. The number of hydrogen-bond acceptors (Lipinski definition) is 5. The monoisotopic (exact) mass is 399 g/mol. The highest BCUT2D eigenvalue weighted by Crippen LogP contribution is 2.16. The average Bonchev–Trinajstić information content (AvgIpc) is 2.76. The highest BCUT2D eigenvalue weighted by molar-refractivity contribution is 6.40. The quantitative estimate of drug-likeness (QED) is 0.502. The third-order valence-electron chi connectivity index (χ3n) is 4.26. The summed E-state index contributed by atoms with van der Waals surface area (Å²) in [6.45, 7) is 1.79. The van der Waals surface area contributed by atoms with Gasteiger partial charge in [-0.1, -0.05) is 31.2 Å². The number of carbonyl (C=O) groups is 3. The number of aliphatic hydroxyl groups is 1. The van der Waals surface area contributed by atoms with Gasteiger partial charge in [0, 0.05) is 6.54 Å². The Balaban J connectivity index is 2.04. The molecule has 0 heterocycles. The van der Waals surface area contributed by atoms with Crippen molar-refractivity contribution < 1.29 is 24.2 Å². The summed E-state index contributed by atoms with van der Waals surface area (Å²) in [5, 5.41) is 16.8. The first-order valence-electron chi connectivity index (χ1n) is 9.21. The summed E-state index contributed by atoms with van der Waals surface area (Å²) in [6, 6.07) is 13.2. The number of nitrogens with one attached hydrogen (secondary N) is 3. The van der Waals surface area contributed by atoms with Crippen LogP contribution in [0.25, 0.3) is 0 Å². The molecule has 0 aliphatic carbocycles. The van der Waals surface area contributed by atoms with Crippen molar-refractivity contribution in [3.05, 3.63) is 59.7 Å². The van der Waals surface area contributed by atoms with Gasteiger partial charge in [-0.3, -0.25) is 14.4 Å². The second-order valence-corrected chi connectivity index (χ2v) is 6.30. The zero-order chi connectivity index (χ0) is 21.2.